The number of carboxylic acids is 1. The first kappa shape index (κ1) is 15.4. The van der Waals surface area contributed by atoms with Crippen LogP contribution in [0.2, 0.25) is 0 Å². The van der Waals surface area contributed by atoms with Gasteiger partial charge in [0.1, 0.15) is 5.75 Å². The summed E-state index contributed by atoms with van der Waals surface area (Å²) >= 11 is 5.29. The van der Waals surface area contributed by atoms with E-state index in [1.54, 1.807) is 0 Å². The quantitative estimate of drug-likeness (QED) is 0.684. The highest BCUT2D eigenvalue weighted by molar-refractivity contribution is 6.17. The van der Waals surface area contributed by atoms with Gasteiger partial charge in [-0.2, -0.15) is 0 Å². The van der Waals surface area contributed by atoms with Crippen LogP contribution in [-0.2, 0) is 5.88 Å². The number of aromatic carboxylic acids is 1. The third-order valence-corrected chi connectivity index (χ3v) is 2.21. The first-order valence-electron chi connectivity index (χ1n) is 4.52. The van der Waals surface area contributed by atoms with Gasteiger partial charge in [-0.3, -0.25) is 0 Å². The highest BCUT2D eigenvalue weighted by atomic mass is 35.5. The summed E-state index contributed by atoms with van der Waals surface area (Å²) in [6.07, 6.45) is -8.28. The molecule has 0 saturated carbocycles. The van der Waals surface area contributed by atoms with E-state index < -0.39 is 47.2 Å². The molecular formula is C9H5ClF5NO3. The van der Waals surface area contributed by atoms with Crippen LogP contribution < -0.4 is 4.74 Å². The van der Waals surface area contributed by atoms with Crippen LogP contribution in [0.4, 0.5) is 22.0 Å². The van der Waals surface area contributed by atoms with Crippen LogP contribution in [-0.4, -0.2) is 22.4 Å². The van der Waals surface area contributed by atoms with Crippen LogP contribution in [0.25, 0.3) is 0 Å². The topological polar surface area (TPSA) is 59.4 Å². The number of pyridine rings is 1. The molecule has 19 heavy (non-hydrogen) atoms. The molecule has 1 rings (SSSR count). The number of nitrogens with zero attached hydrogens (tertiary/aromatic N) is 1. The molecule has 0 amide bonds. The van der Waals surface area contributed by atoms with Crippen LogP contribution in [0.15, 0.2) is 6.20 Å². The molecule has 0 aromatic carbocycles. The normalized spacial score (nSPS) is 11.7. The fraction of sp³-hybridized carbons (Fsp3) is 0.333. The van der Waals surface area contributed by atoms with Gasteiger partial charge in [-0.05, 0) is 0 Å². The molecule has 0 bridgehead atoms. The first-order chi connectivity index (χ1) is 8.67. The molecule has 0 aliphatic carbocycles. The Hall–Kier alpha value is -1.64. The Balaban J connectivity index is 3.50. The van der Waals surface area contributed by atoms with E-state index in [9.17, 15) is 26.7 Å². The SMILES string of the molecule is O=C(O)c1ncc(C(F)F)c(OC(F)(F)F)c1CCl. The fourth-order valence-corrected chi connectivity index (χ4v) is 1.50. The molecule has 0 spiro atoms. The minimum Gasteiger partial charge on any atom is -0.476 e. The van der Waals surface area contributed by atoms with Crippen molar-refractivity contribution in [2.45, 2.75) is 18.7 Å². The van der Waals surface area contributed by atoms with Gasteiger partial charge in [0.15, 0.2) is 5.69 Å². The molecule has 0 fully saturated rings. The molecule has 1 N–H and O–H groups in total. The summed E-state index contributed by atoms with van der Waals surface area (Å²) in [7, 11) is 0. The van der Waals surface area contributed by atoms with Gasteiger partial charge in [0.2, 0.25) is 0 Å². The van der Waals surface area contributed by atoms with Crippen LogP contribution >= 0.6 is 11.6 Å². The van der Waals surface area contributed by atoms with Crippen LogP contribution in [0.1, 0.15) is 28.0 Å². The Labute approximate surface area is 107 Å². The Morgan fingerprint density at radius 3 is 2.42 bits per heavy atom. The molecule has 106 valence electrons. The van der Waals surface area contributed by atoms with E-state index in [4.69, 9.17) is 16.7 Å². The number of halogens is 6. The second-order valence-electron chi connectivity index (χ2n) is 3.16. The summed E-state index contributed by atoms with van der Waals surface area (Å²) in [4.78, 5) is 13.9. The minimum absolute atomic E-state index is 0.311. The van der Waals surface area contributed by atoms with Crippen molar-refractivity contribution in [1.29, 1.82) is 0 Å². The predicted molar refractivity (Wildman–Crippen MR) is 52.4 cm³/mol. The lowest BCUT2D eigenvalue weighted by Crippen LogP contribution is -2.21. The van der Waals surface area contributed by atoms with E-state index in [1.165, 1.54) is 0 Å². The van der Waals surface area contributed by atoms with Crippen molar-refractivity contribution in [3.63, 3.8) is 0 Å². The Morgan fingerprint density at radius 2 is 2.05 bits per heavy atom. The van der Waals surface area contributed by atoms with Gasteiger partial charge in [0, 0.05) is 11.8 Å². The van der Waals surface area contributed by atoms with Gasteiger partial charge in [0.05, 0.1) is 11.4 Å². The molecule has 0 saturated heterocycles. The maximum atomic E-state index is 12.6. The average molecular weight is 306 g/mol. The zero-order valence-electron chi connectivity index (χ0n) is 8.84. The predicted octanol–water partition coefficient (Wildman–Crippen LogP) is 3.35. The van der Waals surface area contributed by atoms with Crippen molar-refractivity contribution in [2.24, 2.45) is 0 Å². The molecule has 0 aliphatic heterocycles. The molecule has 4 nitrogen and oxygen atoms in total. The summed E-state index contributed by atoms with van der Waals surface area (Å²) in [6.45, 7) is 0. The molecule has 0 atom stereocenters. The van der Waals surface area contributed by atoms with Gasteiger partial charge in [0.25, 0.3) is 6.43 Å². The second-order valence-corrected chi connectivity index (χ2v) is 3.42. The standard InChI is InChI=1S/C9H5ClF5NO3/c10-1-3-5(8(17)18)16-2-4(7(11)12)6(3)19-9(13,14)15/h2,7H,1H2,(H,17,18). The number of carboxylic acid groups (broad SMARTS) is 1. The zero-order chi connectivity index (χ0) is 14.8. The summed E-state index contributed by atoms with van der Waals surface area (Å²) in [5.74, 6) is -3.81. The van der Waals surface area contributed by atoms with Gasteiger partial charge in [-0.1, -0.05) is 0 Å². The van der Waals surface area contributed by atoms with Crippen molar-refractivity contribution in [1.82, 2.24) is 4.98 Å². The summed E-state index contributed by atoms with van der Waals surface area (Å²) in [6, 6.07) is 0. The van der Waals surface area contributed by atoms with Gasteiger partial charge in [-0.25, -0.2) is 18.6 Å². The second kappa shape index (κ2) is 5.55. The molecular weight excluding hydrogens is 301 g/mol. The molecule has 1 aromatic heterocycles. The third kappa shape index (κ3) is 3.66. The fourth-order valence-electron chi connectivity index (χ4n) is 1.25. The number of carbonyl (C=O) groups is 1. The maximum Gasteiger partial charge on any atom is 0.573 e. The highest BCUT2D eigenvalue weighted by Crippen LogP contribution is 2.37. The van der Waals surface area contributed by atoms with E-state index >= 15 is 0 Å². The summed E-state index contributed by atoms with van der Waals surface area (Å²) in [5.41, 5.74) is -2.82. The summed E-state index contributed by atoms with van der Waals surface area (Å²) < 4.78 is 65.1. The largest absolute Gasteiger partial charge is 0.573 e. The van der Waals surface area contributed by atoms with E-state index in [-0.39, 0.29) is 0 Å². The number of alkyl halides is 6. The van der Waals surface area contributed by atoms with Gasteiger partial charge < -0.3 is 9.84 Å². The third-order valence-electron chi connectivity index (χ3n) is 1.94. The zero-order valence-corrected chi connectivity index (χ0v) is 9.60. The van der Waals surface area contributed by atoms with Gasteiger partial charge in [-0.15, -0.1) is 24.8 Å². The molecule has 10 heteroatoms. The van der Waals surface area contributed by atoms with Crippen molar-refractivity contribution >= 4 is 17.6 Å². The van der Waals surface area contributed by atoms with Crippen LogP contribution in [0.5, 0.6) is 5.75 Å². The Bertz CT molecular complexity index is 491. The number of rotatable bonds is 4. The van der Waals surface area contributed by atoms with Crippen LogP contribution in [0, 0.1) is 0 Å². The maximum absolute atomic E-state index is 12.6. The minimum atomic E-state index is -5.26. The smallest absolute Gasteiger partial charge is 0.476 e. The Morgan fingerprint density at radius 1 is 1.47 bits per heavy atom. The molecule has 0 aliphatic rings. The summed E-state index contributed by atoms with van der Waals surface area (Å²) in [5, 5.41) is 8.70. The van der Waals surface area contributed by atoms with Gasteiger partial charge >= 0.3 is 12.3 Å². The van der Waals surface area contributed by atoms with Crippen molar-refractivity contribution < 1.29 is 36.6 Å². The van der Waals surface area contributed by atoms with E-state index in [0.29, 0.717) is 6.20 Å². The van der Waals surface area contributed by atoms with Crippen molar-refractivity contribution in [3.05, 3.63) is 23.0 Å². The van der Waals surface area contributed by atoms with E-state index in [2.05, 4.69) is 9.72 Å². The highest BCUT2D eigenvalue weighted by Gasteiger charge is 2.36. The number of aromatic nitrogens is 1. The van der Waals surface area contributed by atoms with Crippen LogP contribution in [0.3, 0.4) is 0 Å². The van der Waals surface area contributed by atoms with E-state index in [0.717, 1.165) is 0 Å². The molecule has 1 heterocycles. The lowest BCUT2D eigenvalue weighted by molar-refractivity contribution is -0.275. The lowest BCUT2D eigenvalue weighted by Gasteiger charge is -2.16. The van der Waals surface area contributed by atoms with Crippen molar-refractivity contribution in [3.8, 4) is 5.75 Å². The van der Waals surface area contributed by atoms with E-state index in [1.807, 2.05) is 0 Å². The number of hydrogen-bond donors (Lipinski definition) is 1. The lowest BCUT2D eigenvalue weighted by atomic mass is 10.1. The average Bonchev–Trinajstić information content (AvgIpc) is 2.25. The first-order valence-corrected chi connectivity index (χ1v) is 5.05. The van der Waals surface area contributed by atoms with Crippen molar-refractivity contribution in [2.75, 3.05) is 0 Å². The number of ether oxygens (including phenoxy) is 1. The Kier molecular flexibility index (Phi) is 4.51. The monoisotopic (exact) mass is 305 g/mol. The molecule has 1 aromatic rings. The molecule has 0 unspecified atom stereocenters. The number of hydrogen-bond acceptors (Lipinski definition) is 3. The molecule has 0 radical (unpaired) electrons.